The highest BCUT2D eigenvalue weighted by atomic mass is 32.2. The van der Waals surface area contributed by atoms with Gasteiger partial charge in [0.2, 0.25) is 5.95 Å². The number of aromatic nitrogens is 5. The molecule has 1 aromatic carbocycles. The molecule has 0 atom stereocenters. The van der Waals surface area contributed by atoms with Crippen LogP contribution in [0.2, 0.25) is 0 Å². The van der Waals surface area contributed by atoms with Crippen LogP contribution < -0.4 is 4.90 Å². The minimum atomic E-state index is -5.77. The second-order valence-electron chi connectivity index (χ2n) is 6.81. The molecule has 0 bridgehead atoms. The summed E-state index contributed by atoms with van der Waals surface area (Å²) in [6.07, 6.45) is 0.900. The maximum atomic E-state index is 13.0. The van der Waals surface area contributed by atoms with Gasteiger partial charge in [0, 0.05) is 32.4 Å². The third kappa shape index (κ3) is 3.88. The number of pyridine rings is 1. The number of amides is 1. The zero-order chi connectivity index (χ0) is 22.9. The number of tetrazole rings is 1. The number of sulfone groups is 1. The Morgan fingerprint density at radius 2 is 1.66 bits per heavy atom. The minimum absolute atomic E-state index is 0.126. The molecular weight excluding hydrogens is 451 g/mol. The Morgan fingerprint density at radius 1 is 0.969 bits per heavy atom. The second-order valence-corrected chi connectivity index (χ2v) is 8.67. The van der Waals surface area contributed by atoms with Gasteiger partial charge >= 0.3 is 5.51 Å². The number of hydrogen-bond donors (Lipinski definition) is 0. The van der Waals surface area contributed by atoms with Crippen molar-refractivity contribution < 1.29 is 26.4 Å². The van der Waals surface area contributed by atoms with Crippen LogP contribution in [0.3, 0.4) is 0 Å². The number of anilines is 1. The molecule has 0 spiro atoms. The van der Waals surface area contributed by atoms with Gasteiger partial charge in [-0.3, -0.25) is 4.79 Å². The Bertz CT molecular complexity index is 1220. The van der Waals surface area contributed by atoms with E-state index < -0.39 is 31.8 Å². The molecule has 0 saturated carbocycles. The number of rotatable bonds is 4. The largest absolute Gasteiger partial charge is 0.503 e. The van der Waals surface area contributed by atoms with Crippen LogP contribution in [0, 0.1) is 0 Å². The van der Waals surface area contributed by atoms with Gasteiger partial charge < -0.3 is 9.80 Å². The summed E-state index contributed by atoms with van der Waals surface area (Å²) in [5.74, 6) is -0.395. The van der Waals surface area contributed by atoms with Gasteiger partial charge in [-0.05, 0) is 34.7 Å². The number of carbonyl (C=O) groups is 1. The minimum Gasteiger partial charge on any atom is -0.336 e. The van der Waals surface area contributed by atoms with Gasteiger partial charge in [0.1, 0.15) is 0 Å². The molecule has 1 aliphatic rings. The number of nitrogens with zero attached hydrogens (tertiary/aromatic N) is 7. The zero-order valence-electron chi connectivity index (χ0n) is 16.3. The fourth-order valence-electron chi connectivity index (χ4n) is 3.27. The van der Waals surface area contributed by atoms with E-state index in [9.17, 15) is 26.4 Å². The summed E-state index contributed by atoms with van der Waals surface area (Å²) in [6.45, 7) is 0.836. The van der Waals surface area contributed by atoms with E-state index >= 15 is 0 Å². The van der Waals surface area contributed by atoms with E-state index in [-0.39, 0.29) is 13.1 Å². The first-order valence-electron chi connectivity index (χ1n) is 9.34. The highest BCUT2D eigenvalue weighted by molar-refractivity contribution is 7.92. The van der Waals surface area contributed by atoms with Crippen LogP contribution in [0.15, 0.2) is 53.7 Å². The molecule has 2 aromatic heterocycles. The number of hydrogen-bond acceptors (Lipinski definition) is 8. The van der Waals surface area contributed by atoms with Gasteiger partial charge in [-0.2, -0.15) is 17.9 Å². The van der Waals surface area contributed by atoms with E-state index in [1.165, 1.54) is 15.6 Å². The molecule has 14 heteroatoms. The predicted octanol–water partition coefficient (Wildman–Crippen LogP) is 1.31. The van der Waals surface area contributed by atoms with Crippen molar-refractivity contribution in [2.75, 3.05) is 31.1 Å². The van der Waals surface area contributed by atoms with E-state index in [0.29, 0.717) is 19.0 Å². The Balaban J connectivity index is 1.53. The summed E-state index contributed by atoms with van der Waals surface area (Å²) in [5.41, 5.74) is -5.44. The van der Waals surface area contributed by atoms with Crippen molar-refractivity contribution >= 4 is 21.7 Å². The van der Waals surface area contributed by atoms with Gasteiger partial charge in [0.15, 0.2) is 5.03 Å². The molecule has 0 N–H and O–H groups in total. The molecule has 32 heavy (non-hydrogen) atoms. The molecule has 4 rings (SSSR count). The summed E-state index contributed by atoms with van der Waals surface area (Å²) < 4.78 is 64.3. The number of para-hydroxylation sites is 1. The molecule has 1 fully saturated rings. The number of benzene rings is 1. The number of halogens is 3. The van der Waals surface area contributed by atoms with Crippen LogP contribution in [0.5, 0.6) is 0 Å². The highest BCUT2D eigenvalue weighted by Crippen LogP contribution is 2.31. The molecule has 168 valence electrons. The van der Waals surface area contributed by atoms with Gasteiger partial charge in [-0.1, -0.05) is 23.3 Å². The topological polar surface area (TPSA) is 114 Å². The lowest BCUT2D eigenvalue weighted by Crippen LogP contribution is -2.49. The Morgan fingerprint density at radius 3 is 2.31 bits per heavy atom. The average Bonchev–Trinajstić information content (AvgIpc) is 3.28. The van der Waals surface area contributed by atoms with Crippen molar-refractivity contribution in [2.24, 2.45) is 0 Å². The fraction of sp³-hybridized carbons (Fsp3) is 0.278. The lowest BCUT2D eigenvalue weighted by Gasteiger charge is -2.35. The Kier molecular flexibility index (Phi) is 5.54. The lowest BCUT2D eigenvalue weighted by molar-refractivity contribution is -0.0438. The standard InChI is InChI=1S/C18H16F3N7O3S/c19-18(20,21)32(30,31)15-14(7-4-8-22-15)16(29)26-9-11-27(12-10-26)17-23-24-25-28(17)13-5-2-1-3-6-13/h1-8H,9-12H2. The molecule has 1 aliphatic heterocycles. The monoisotopic (exact) mass is 467 g/mol. The first-order chi connectivity index (χ1) is 15.2. The Labute approximate surface area is 180 Å². The van der Waals surface area contributed by atoms with E-state index in [2.05, 4.69) is 20.5 Å². The molecule has 3 heterocycles. The van der Waals surface area contributed by atoms with Crippen molar-refractivity contribution in [3.63, 3.8) is 0 Å². The van der Waals surface area contributed by atoms with Crippen LogP contribution in [0.1, 0.15) is 10.4 Å². The van der Waals surface area contributed by atoms with E-state index in [1.54, 1.807) is 0 Å². The van der Waals surface area contributed by atoms with Crippen molar-refractivity contribution in [1.82, 2.24) is 30.1 Å². The molecule has 10 nitrogen and oxygen atoms in total. The van der Waals surface area contributed by atoms with Gasteiger partial charge in [0.25, 0.3) is 15.7 Å². The third-order valence-electron chi connectivity index (χ3n) is 4.86. The lowest BCUT2D eigenvalue weighted by atomic mass is 10.2. The first kappa shape index (κ1) is 21.7. The summed E-state index contributed by atoms with van der Waals surface area (Å²) in [7, 11) is -5.77. The number of alkyl halides is 3. The summed E-state index contributed by atoms with van der Waals surface area (Å²) in [4.78, 5) is 19.3. The summed E-state index contributed by atoms with van der Waals surface area (Å²) in [5, 5.41) is 10.4. The predicted molar refractivity (Wildman–Crippen MR) is 105 cm³/mol. The van der Waals surface area contributed by atoms with E-state index in [4.69, 9.17) is 0 Å². The quantitative estimate of drug-likeness (QED) is 0.564. The summed E-state index contributed by atoms with van der Waals surface area (Å²) in [6, 6.07) is 11.4. The smallest absolute Gasteiger partial charge is 0.336 e. The maximum Gasteiger partial charge on any atom is 0.503 e. The molecule has 1 amide bonds. The second kappa shape index (κ2) is 8.18. The van der Waals surface area contributed by atoms with Crippen LogP contribution in [0.25, 0.3) is 5.69 Å². The molecule has 0 aliphatic carbocycles. The Hall–Kier alpha value is -3.55. The highest BCUT2D eigenvalue weighted by Gasteiger charge is 2.49. The van der Waals surface area contributed by atoms with Crippen LogP contribution >= 0.6 is 0 Å². The molecule has 3 aromatic rings. The maximum absolute atomic E-state index is 13.0. The normalized spacial score (nSPS) is 15.1. The zero-order valence-corrected chi connectivity index (χ0v) is 17.2. The fourth-order valence-corrected chi connectivity index (χ4v) is 4.14. The molecule has 0 unspecified atom stereocenters. The van der Waals surface area contributed by atoms with Crippen molar-refractivity contribution in [3.8, 4) is 5.69 Å². The first-order valence-corrected chi connectivity index (χ1v) is 10.8. The van der Waals surface area contributed by atoms with Crippen LogP contribution in [0.4, 0.5) is 19.1 Å². The number of carbonyl (C=O) groups excluding carboxylic acids is 1. The average molecular weight is 467 g/mol. The summed E-state index contributed by atoms with van der Waals surface area (Å²) >= 11 is 0. The van der Waals surface area contributed by atoms with Crippen LogP contribution in [-0.2, 0) is 9.84 Å². The van der Waals surface area contributed by atoms with Crippen molar-refractivity contribution in [2.45, 2.75) is 10.5 Å². The molecular formula is C18H16F3N7O3S. The van der Waals surface area contributed by atoms with E-state index in [1.807, 2.05) is 35.2 Å². The number of piperazine rings is 1. The van der Waals surface area contributed by atoms with Gasteiger partial charge in [-0.15, -0.1) is 0 Å². The SMILES string of the molecule is O=C(c1cccnc1S(=O)(=O)C(F)(F)F)N1CCN(c2nnnn2-c2ccccc2)CC1. The third-order valence-corrected chi connectivity index (χ3v) is 6.31. The van der Waals surface area contributed by atoms with Crippen molar-refractivity contribution in [1.29, 1.82) is 0 Å². The van der Waals surface area contributed by atoms with Gasteiger partial charge in [-0.25, -0.2) is 13.4 Å². The van der Waals surface area contributed by atoms with Gasteiger partial charge in [0.05, 0.1) is 11.3 Å². The molecule has 1 saturated heterocycles. The molecule has 0 radical (unpaired) electrons. The van der Waals surface area contributed by atoms with E-state index in [0.717, 1.165) is 18.0 Å². The van der Waals surface area contributed by atoms with Crippen molar-refractivity contribution in [3.05, 3.63) is 54.2 Å². The van der Waals surface area contributed by atoms with Crippen LogP contribution in [-0.4, -0.2) is 76.1 Å².